The van der Waals surface area contributed by atoms with Gasteiger partial charge in [0.15, 0.2) is 5.78 Å². The van der Waals surface area contributed by atoms with Crippen LogP contribution in [-0.2, 0) is 14.4 Å². The second kappa shape index (κ2) is 14.4. The molecule has 0 bridgehead atoms. The van der Waals surface area contributed by atoms with E-state index in [1.165, 1.54) is 10.8 Å². The molecule has 0 aliphatic rings. The number of nitrogens with zero attached hydrogens (tertiary/aromatic N) is 1. The first-order valence-corrected chi connectivity index (χ1v) is 14.4. The van der Waals surface area contributed by atoms with E-state index in [4.69, 9.17) is 0 Å². The van der Waals surface area contributed by atoms with E-state index in [0.717, 1.165) is 41.0 Å². The Morgan fingerprint density at radius 2 is 1.63 bits per heavy atom. The van der Waals surface area contributed by atoms with E-state index in [9.17, 15) is 14.4 Å². The lowest BCUT2D eigenvalue weighted by Gasteiger charge is -2.19. The number of pyridine rings is 1. The summed E-state index contributed by atoms with van der Waals surface area (Å²) in [7, 11) is 0. The van der Waals surface area contributed by atoms with Crippen LogP contribution in [-0.4, -0.2) is 35.0 Å². The van der Waals surface area contributed by atoms with Crippen LogP contribution in [0.2, 0.25) is 0 Å². The zero-order valence-electron chi connectivity index (χ0n) is 24.2. The summed E-state index contributed by atoms with van der Waals surface area (Å²) in [4.78, 5) is 41.9. The molecule has 0 fully saturated rings. The number of fused-ring (bicyclic) bond motifs is 1. The Kier molecular flexibility index (Phi) is 10.4. The summed E-state index contributed by atoms with van der Waals surface area (Å²) in [6.07, 6.45) is 4.13. The van der Waals surface area contributed by atoms with Gasteiger partial charge in [0.2, 0.25) is 5.91 Å². The van der Waals surface area contributed by atoms with Gasteiger partial charge in [-0.3, -0.25) is 9.59 Å². The molecule has 0 saturated heterocycles. The molecule has 0 aliphatic heterocycles. The van der Waals surface area contributed by atoms with Crippen LogP contribution in [0.4, 0.5) is 5.82 Å². The summed E-state index contributed by atoms with van der Waals surface area (Å²) in [5.41, 5.74) is 4.33. The fourth-order valence-corrected chi connectivity index (χ4v) is 5.14. The van der Waals surface area contributed by atoms with Crippen LogP contribution in [0.1, 0.15) is 63.0 Å². The summed E-state index contributed by atoms with van der Waals surface area (Å²) in [5, 5.41) is 8.48. The Bertz CT molecular complexity index is 1490. The molecule has 2 N–H and O–H groups in total. The Morgan fingerprint density at radius 1 is 0.878 bits per heavy atom. The Balaban J connectivity index is 1.30. The van der Waals surface area contributed by atoms with Crippen molar-refractivity contribution in [2.45, 2.75) is 64.8 Å². The Morgan fingerprint density at radius 3 is 2.39 bits per heavy atom. The number of nitrogens with one attached hydrogen (secondary N) is 2. The maximum absolute atomic E-state index is 13.1. The summed E-state index contributed by atoms with van der Waals surface area (Å²) in [6.45, 7) is 6.02. The number of rotatable bonds is 14. The second-order valence-corrected chi connectivity index (χ2v) is 10.8. The molecule has 4 rings (SSSR count). The van der Waals surface area contributed by atoms with E-state index >= 15 is 0 Å². The first-order valence-electron chi connectivity index (χ1n) is 14.4. The average molecular weight is 550 g/mol. The number of carbonyl (C=O) groups excluding carboxylic acids is 3. The lowest BCUT2D eigenvalue weighted by Crippen LogP contribution is -2.39. The van der Waals surface area contributed by atoms with Crippen LogP contribution >= 0.6 is 0 Å². The molecule has 1 amide bonds. The highest BCUT2D eigenvalue weighted by molar-refractivity contribution is 5.96. The zero-order valence-corrected chi connectivity index (χ0v) is 24.2. The number of anilines is 1. The summed E-state index contributed by atoms with van der Waals surface area (Å²) in [6, 6.07) is 26.0. The molecule has 0 radical (unpaired) electrons. The highest BCUT2D eigenvalue weighted by Gasteiger charge is 2.23. The lowest BCUT2D eigenvalue weighted by molar-refractivity contribution is -0.128. The van der Waals surface area contributed by atoms with Crippen LogP contribution in [0.3, 0.4) is 0 Å². The van der Waals surface area contributed by atoms with Gasteiger partial charge in [0.25, 0.3) is 0 Å². The van der Waals surface area contributed by atoms with E-state index in [-0.39, 0.29) is 36.2 Å². The maximum atomic E-state index is 13.1. The fraction of sp³-hybridized carbons (Fsp3) is 0.314. The van der Waals surface area contributed by atoms with E-state index in [2.05, 4.69) is 58.1 Å². The van der Waals surface area contributed by atoms with Gasteiger partial charge in [-0.1, -0.05) is 66.7 Å². The SMILES string of the molecule is CC(=O)C[C@H](CC(=O)[C@H](C)NC(=O)CCCCNc1cc(C)ccn1)c1ccc(-c2cccc3ccccc23)cc1. The number of carbonyl (C=O) groups is 3. The minimum Gasteiger partial charge on any atom is -0.370 e. The highest BCUT2D eigenvalue weighted by atomic mass is 16.2. The zero-order chi connectivity index (χ0) is 29.2. The lowest BCUT2D eigenvalue weighted by atomic mass is 9.87. The normalized spacial score (nSPS) is 12.5. The molecule has 41 heavy (non-hydrogen) atoms. The second-order valence-electron chi connectivity index (χ2n) is 10.8. The molecule has 1 heterocycles. The molecule has 0 saturated carbocycles. The van der Waals surface area contributed by atoms with Gasteiger partial charge >= 0.3 is 0 Å². The summed E-state index contributed by atoms with van der Waals surface area (Å²) < 4.78 is 0. The van der Waals surface area contributed by atoms with E-state index in [0.29, 0.717) is 12.8 Å². The predicted octanol–water partition coefficient (Wildman–Crippen LogP) is 7.02. The molecular formula is C35H39N3O3. The van der Waals surface area contributed by atoms with Gasteiger partial charge in [-0.15, -0.1) is 0 Å². The summed E-state index contributed by atoms with van der Waals surface area (Å²) in [5.74, 6) is 0.420. The van der Waals surface area contributed by atoms with Crippen LogP contribution in [0.5, 0.6) is 0 Å². The monoisotopic (exact) mass is 549 g/mol. The van der Waals surface area contributed by atoms with E-state index < -0.39 is 6.04 Å². The largest absolute Gasteiger partial charge is 0.370 e. The average Bonchev–Trinajstić information content (AvgIpc) is 2.96. The number of Topliss-reactive ketones (excluding diaryl/α,β-unsaturated/α-hetero) is 2. The Labute approximate surface area is 242 Å². The van der Waals surface area contributed by atoms with Crippen molar-refractivity contribution in [3.63, 3.8) is 0 Å². The molecule has 2 atom stereocenters. The maximum Gasteiger partial charge on any atom is 0.220 e. The van der Waals surface area contributed by atoms with Crippen molar-refractivity contribution in [1.82, 2.24) is 10.3 Å². The number of unbranched alkanes of at least 4 members (excludes halogenated alkanes) is 1. The number of ketones is 2. The molecule has 6 nitrogen and oxygen atoms in total. The van der Waals surface area contributed by atoms with Crippen molar-refractivity contribution in [1.29, 1.82) is 0 Å². The molecule has 3 aromatic carbocycles. The van der Waals surface area contributed by atoms with Crippen molar-refractivity contribution in [3.8, 4) is 11.1 Å². The molecule has 6 heteroatoms. The molecule has 4 aromatic rings. The molecule has 1 aromatic heterocycles. The van der Waals surface area contributed by atoms with Gasteiger partial charge in [-0.2, -0.15) is 0 Å². The number of aromatic nitrogens is 1. The quantitative estimate of drug-likeness (QED) is 0.165. The number of hydrogen-bond donors (Lipinski definition) is 2. The third-order valence-corrected chi connectivity index (χ3v) is 7.38. The fourth-order valence-electron chi connectivity index (χ4n) is 5.14. The molecule has 0 spiro atoms. The minimum atomic E-state index is -0.610. The molecule has 0 aliphatic carbocycles. The third kappa shape index (κ3) is 8.58. The van der Waals surface area contributed by atoms with Crippen molar-refractivity contribution >= 4 is 34.1 Å². The number of hydrogen-bond acceptors (Lipinski definition) is 5. The van der Waals surface area contributed by atoms with Crippen LogP contribution in [0, 0.1) is 6.92 Å². The van der Waals surface area contributed by atoms with Crippen molar-refractivity contribution in [3.05, 3.63) is 96.2 Å². The van der Waals surface area contributed by atoms with Gasteiger partial charge in [0.1, 0.15) is 11.6 Å². The number of amides is 1. The molecule has 212 valence electrons. The van der Waals surface area contributed by atoms with Gasteiger partial charge in [0, 0.05) is 32.0 Å². The predicted molar refractivity (Wildman–Crippen MR) is 166 cm³/mol. The van der Waals surface area contributed by atoms with Crippen molar-refractivity contribution < 1.29 is 14.4 Å². The van der Waals surface area contributed by atoms with Crippen LogP contribution < -0.4 is 10.6 Å². The van der Waals surface area contributed by atoms with Gasteiger partial charge in [0.05, 0.1) is 6.04 Å². The highest BCUT2D eigenvalue weighted by Crippen LogP contribution is 2.31. The van der Waals surface area contributed by atoms with E-state index in [1.54, 1.807) is 20.0 Å². The third-order valence-electron chi connectivity index (χ3n) is 7.38. The standard InChI is InChI=1S/C35H39N3O3/c1-24-18-20-37-34(21-24)36-19-7-6-13-35(41)38-26(3)33(40)23-30(22-25(2)39)27-14-16-29(17-15-27)32-12-8-10-28-9-4-5-11-31(28)32/h4-5,8-12,14-18,20-21,26,30H,6-7,13,19,22-23H2,1-3H3,(H,36,37)(H,38,41)/t26-,30+/m0/s1. The molecule has 0 unspecified atom stereocenters. The van der Waals surface area contributed by atoms with Gasteiger partial charge in [-0.05, 0) is 84.7 Å². The van der Waals surface area contributed by atoms with Crippen molar-refractivity contribution in [2.24, 2.45) is 0 Å². The first kappa shape index (κ1) is 29.7. The summed E-state index contributed by atoms with van der Waals surface area (Å²) >= 11 is 0. The topological polar surface area (TPSA) is 88.2 Å². The number of benzene rings is 3. The van der Waals surface area contributed by atoms with Crippen molar-refractivity contribution in [2.75, 3.05) is 11.9 Å². The van der Waals surface area contributed by atoms with E-state index in [1.807, 2.05) is 43.3 Å². The van der Waals surface area contributed by atoms with Crippen LogP contribution in [0.15, 0.2) is 85.1 Å². The number of aryl methyl sites for hydroxylation is 1. The smallest absolute Gasteiger partial charge is 0.220 e. The van der Waals surface area contributed by atoms with Gasteiger partial charge < -0.3 is 15.4 Å². The van der Waals surface area contributed by atoms with Gasteiger partial charge in [-0.25, -0.2) is 4.98 Å². The minimum absolute atomic E-state index is 0.0343. The van der Waals surface area contributed by atoms with Crippen LogP contribution in [0.25, 0.3) is 21.9 Å². The molecular weight excluding hydrogens is 510 g/mol. The first-order chi connectivity index (χ1) is 19.8. The Hall–Kier alpha value is -4.32.